The summed E-state index contributed by atoms with van der Waals surface area (Å²) in [6.45, 7) is 4.03. The van der Waals surface area contributed by atoms with Crippen molar-refractivity contribution in [3.8, 4) is 5.75 Å². The van der Waals surface area contributed by atoms with Crippen molar-refractivity contribution in [3.05, 3.63) is 63.7 Å². The summed E-state index contributed by atoms with van der Waals surface area (Å²) in [5, 5.41) is 0.541. The van der Waals surface area contributed by atoms with E-state index in [1.54, 1.807) is 7.11 Å². The zero-order valence-electron chi connectivity index (χ0n) is 11.2. The van der Waals surface area contributed by atoms with Crippen molar-refractivity contribution in [3.63, 3.8) is 0 Å². The number of halogens is 2. The molecule has 0 heterocycles. The second-order valence-electron chi connectivity index (χ2n) is 4.54. The third-order valence-corrected chi connectivity index (χ3v) is 4.21. The maximum Gasteiger partial charge on any atom is 0.119 e. The van der Waals surface area contributed by atoms with Gasteiger partial charge in [0.25, 0.3) is 0 Å². The van der Waals surface area contributed by atoms with E-state index in [1.165, 1.54) is 0 Å². The fourth-order valence-electron chi connectivity index (χ4n) is 2.13. The zero-order chi connectivity index (χ0) is 14.0. The minimum Gasteiger partial charge on any atom is -0.497 e. The molecule has 2 aromatic rings. The summed E-state index contributed by atoms with van der Waals surface area (Å²) in [5.41, 5.74) is 4.26. The molecule has 19 heavy (non-hydrogen) atoms. The average molecular weight is 295 g/mol. The SMILES string of the molecule is COc1ccc(C(Cl)c2cccc(Cl)c2C)c(C)c1. The molecular weight excluding hydrogens is 279 g/mol. The van der Waals surface area contributed by atoms with Crippen LogP contribution >= 0.6 is 23.2 Å². The van der Waals surface area contributed by atoms with Gasteiger partial charge in [0.1, 0.15) is 5.75 Å². The van der Waals surface area contributed by atoms with Crippen LogP contribution in [0.15, 0.2) is 36.4 Å². The number of alkyl halides is 1. The second kappa shape index (κ2) is 5.85. The molecule has 0 amide bonds. The standard InChI is InChI=1S/C16H16Cl2O/c1-10-9-12(19-3)7-8-13(10)16(18)14-5-4-6-15(17)11(14)2/h4-9,16H,1-3H3. The van der Waals surface area contributed by atoms with Gasteiger partial charge in [0, 0.05) is 5.02 Å². The van der Waals surface area contributed by atoms with Crippen molar-refractivity contribution in [2.24, 2.45) is 0 Å². The third kappa shape index (κ3) is 2.88. The van der Waals surface area contributed by atoms with E-state index in [0.29, 0.717) is 0 Å². The van der Waals surface area contributed by atoms with Crippen LogP contribution in [0, 0.1) is 13.8 Å². The molecule has 1 atom stereocenters. The topological polar surface area (TPSA) is 9.23 Å². The Labute approximate surface area is 124 Å². The summed E-state index contributed by atoms with van der Waals surface area (Å²) < 4.78 is 5.21. The highest BCUT2D eigenvalue weighted by Gasteiger charge is 2.16. The Bertz CT molecular complexity index is 593. The zero-order valence-corrected chi connectivity index (χ0v) is 12.7. The van der Waals surface area contributed by atoms with Crippen LogP contribution in [0.2, 0.25) is 5.02 Å². The van der Waals surface area contributed by atoms with E-state index in [2.05, 4.69) is 0 Å². The van der Waals surface area contributed by atoms with Gasteiger partial charge in [-0.2, -0.15) is 0 Å². The highest BCUT2D eigenvalue weighted by atomic mass is 35.5. The number of hydrogen-bond acceptors (Lipinski definition) is 1. The number of ether oxygens (including phenoxy) is 1. The van der Waals surface area contributed by atoms with Crippen LogP contribution in [0.25, 0.3) is 0 Å². The van der Waals surface area contributed by atoms with Crippen molar-refractivity contribution in [1.82, 2.24) is 0 Å². The lowest BCUT2D eigenvalue weighted by Gasteiger charge is -2.17. The van der Waals surface area contributed by atoms with Gasteiger partial charge in [-0.1, -0.05) is 29.8 Å². The lowest BCUT2D eigenvalue weighted by Crippen LogP contribution is -1.99. The lowest BCUT2D eigenvalue weighted by atomic mass is 9.97. The first-order valence-corrected chi connectivity index (χ1v) is 6.89. The number of hydrogen-bond donors (Lipinski definition) is 0. The first kappa shape index (κ1) is 14.2. The average Bonchev–Trinajstić information content (AvgIpc) is 2.41. The Morgan fingerprint density at radius 3 is 2.42 bits per heavy atom. The Morgan fingerprint density at radius 2 is 1.79 bits per heavy atom. The molecule has 0 aromatic heterocycles. The quantitative estimate of drug-likeness (QED) is 0.699. The minimum atomic E-state index is -0.204. The van der Waals surface area contributed by atoms with Gasteiger partial charge in [-0.25, -0.2) is 0 Å². The van der Waals surface area contributed by atoms with E-state index < -0.39 is 0 Å². The first-order chi connectivity index (χ1) is 9.04. The van der Waals surface area contributed by atoms with Gasteiger partial charge in [-0.15, -0.1) is 11.6 Å². The van der Waals surface area contributed by atoms with E-state index in [0.717, 1.165) is 33.0 Å². The van der Waals surface area contributed by atoms with Crippen LogP contribution in [-0.4, -0.2) is 7.11 Å². The molecule has 0 fully saturated rings. The molecule has 0 radical (unpaired) electrons. The molecule has 0 bridgehead atoms. The molecule has 2 rings (SSSR count). The van der Waals surface area contributed by atoms with Gasteiger partial charge >= 0.3 is 0 Å². The summed E-state index contributed by atoms with van der Waals surface area (Å²) in [6.07, 6.45) is 0. The van der Waals surface area contributed by atoms with Gasteiger partial charge < -0.3 is 4.74 Å². The van der Waals surface area contributed by atoms with E-state index in [1.807, 2.05) is 50.2 Å². The molecule has 0 saturated heterocycles. The van der Waals surface area contributed by atoms with Gasteiger partial charge in [0.2, 0.25) is 0 Å². The summed E-state index contributed by atoms with van der Waals surface area (Å²) >= 11 is 12.8. The third-order valence-electron chi connectivity index (χ3n) is 3.33. The molecule has 0 saturated carbocycles. The van der Waals surface area contributed by atoms with Gasteiger partial charge in [-0.05, 0) is 54.3 Å². The minimum absolute atomic E-state index is 0.204. The molecule has 0 aliphatic heterocycles. The van der Waals surface area contributed by atoms with Crippen LogP contribution < -0.4 is 4.74 Å². The van der Waals surface area contributed by atoms with E-state index in [4.69, 9.17) is 27.9 Å². The van der Waals surface area contributed by atoms with E-state index in [9.17, 15) is 0 Å². The smallest absolute Gasteiger partial charge is 0.119 e. The van der Waals surface area contributed by atoms with Gasteiger partial charge in [0.15, 0.2) is 0 Å². The van der Waals surface area contributed by atoms with Crippen LogP contribution in [0.3, 0.4) is 0 Å². The molecule has 0 N–H and O–H groups in total. The number of aryl methyl sites for hydroxylation is 1. The summed E-state index contributed by atoms with van der Waals surface area (Å²) in [7, 11) is 1.66. The van der Waals surface area contributed by atoms with Crippen LogP contribution in [0.4, 0.5) is 0 Å². The predicted octanol–water partition coefficient (Wildman–Crippen LogP) is 5.29. The molecule has 3 heteroatoms. The second-order valence-corrected chi connectivity index (χ2v) is 5.38. The Kier molecular flexibility index (Phi) is 4.38. The van der Waals surface area contributed by atoms with Crippen LogP contribution in [0.1, 0.15) is 27.6 Å². The Balaban J connectivity index is 2.44. The predicted molar refractivity (Wildman–Crippen MR) is 81.6 cm³/mol. The van der Waals surface area contributed by atoms with Crippen molar-refractivity contribution in [1.29, 1.82) is 0 Å². The summed E-state index contributed by atoms with van der Waals surface area (Å²) in [6, 6.07) is 11.8. The maximum absolute atomic E-state index is 6.61. The first-order valence-electron chi connectivity index (χ1n) is 6.08. The highest BCUT2D eigenvalue weighted by molar-refractivity contribution is 6.31. The summed E-state index contributed by atoms with van der Waals surface area (Å²) in [5.74, 6) is 0.841. The van der Waals surface area contributed by atoms with E-state index in [-0.39, 0.29) is 5.38 Å². The van der Waals surface area contributed by atoms with Crippen molar-refractivity contribution in [2.45, 2.75) is 19.2 Å². The molecule has 1 nitrogen and oxygen atoms in total. The van der Waals surface area contributed by atoms with Crippen molar-refractivity contribution >= 4 is 23.2 Å². The van der Waals surface area contributed by atoms with E-state index >= 15 is 0 Å². The van der Waals surface area contributed by atoms with Crippen molar-refractivity contribution in [2.75, 3.05) is 7.11 Å². The highest BCUT2D eigenvalue weighted by Crippen LogP contribution is 2.36. The fraction of sp³-hybridized carbons (Fsp3) is 0.250. The molecule has 0 aliphatic carbocycles. The van der Waals surface area contributed by atoms with Gasteiger partial charge in [-0.3, -0.25) is 0 Å². The number of benzene rings is 2. The maximum atomic E-state index is 6.61. The lowest BCUT2D eigenvalue weighted by molar-refractivity contribution is 0.414. The van der Waals surface area contributed by atoms with Crippen molar-refractivity contribution < 1.29 is 4.74 Å². The number of methoxy groups -OCH3 is 1. The molecule has 1 unspecified atom stereocenters. The molecule has 0 aliphatic rings. The normalized spacial score (nSPS) is 12.3. The largest absolute Gasteiger partial charge is 0.497 e. The number of rotatable bonds is 3. The summed E-state index contributed by atoms with van der Waals surface area (Å²) in [4.78, 5) is 0. The van der Waals surface area contributed by atoms with Crippen LogP contribution in [-0.2, 0) is 0 Å². The molecule has 0 spiro atoms. The molecular formula is C16H16Cl2O. The molecule has 2 aromatic carbocycles. The molecule has 100 valence electrons. The van der Waals surface area contributed by atoms with Crippen LogP contribution in [0.5, 0.6) is 5.75 Å². The fourth-order valence-corrected chi connectivity index (χ4v) is 2.79. The Hall–Kier alpha value is -1.18. The Morgan fingerprint density at radius 1 is 1.05 bits per heavy atom. The monoisotopic (exact) mass is 294 g/mol. The van der Waals surface area contributed by atoms with Gasteiger partial charge in [0.05, 0.1) is 12.5 Å².